The number of benzene rings is 1. The lowest BCUT2D eigenvalue weighted by Gasteiger charge is -2.35. The molecule has 37 heavy (non-hydrogen) atoms. The molecule has 2 saturated heterocycles. The molecule has 1 aromatic heterocycles. The molecule has 0 aliphatic carbocycles. The number of nitrogens with one attached hydrogen (secondary N) is 1. The maximum Gasteiger partial charge on any atom is 0.404 e. The molecule has 2 aromatic rings. The van der Waals surface area contributed by atoms with Crippen LogP contribution in [0.5, 0.6) is 0 Å². The van der Waals surface area contributed by atoms with E-state index in [9.17, 15) is 22.8 Å². The average molecular weight is 584 g/mol. The molecular formula is C25H29BrF3N5O3. The number of alkyl halides is 3. The quantitative estimate of drug-likeness (QED) is 0.495. The highest BCUT2D eigenvalue weighted by Gasteiger charge is 2.45. The van der Waals surface area contributed by atoms with Crippen molar-refractivity contribution < 1.29 is 27.5 Å². The molecule has 2 aliphatic heterocycles. The molecule has 12 heteroatoms. The van der Waals surface area contributed by atoms with Gasteiger partial charge >= 0.3 is 12.1 Å². The Morgan fingerprint density at radius 2 is 1.84 bits per heavy atom. The summed E-state index contributed by atoms with van der Waals surface area (Å²) in [6.45, 7) is 3.72. The van der Waals surface area contributed by atoms with Crippen molar-refractivity contribution in [2.24, 2.45) is 0 Å². The zero-order valence-corrected chi connectivity index (χ0v) is 22.0. The third-order valence-electron chi connectivity index (χ3n) is 6.74. The Labute approximate surface area is 221 Å². The predicted octanol–water partition coefficient (Wildman–Crippen LogP) is 3.92. The second-order valence-corrected chi connectivity index (χ2v) is 10.0. The molecule has 2 aliphatic rings. The van der Waals surface area contributed by atoms with Gasteiger partial charge in [-0.3, -0.25) is 19.4 Å². The van der Waals surface area contributed by atoms with Gasteiger partial charge in [-0.05, 0) is 71.2 Å². The van der Waals surface area contributed by atoms with Crippen molar-refractivity contribution in [3.63, 3.8) is 0 Å². The maximum absolute atomic E-state index is 13.3. The number of likely N-dealkylation sites (tertiary alicyclic amines) is 1. The van der Waals surface area contributed by atoms with Gasteiger partial charge in [0.05, 0.1) is 13.7 Å². The molecule has 3 heterocycles. The highest BCUT2D eigenvalue weighted by Crippen LogP contribution is 2.34. The lowest BCUT2D eigenvalue weighted by Crippen LogP contribution is -2.48. The smallest absolute Gasteiger partial charge is 0.404 e. The average Bonchev–Trinajstić information content (AvgIpc) is 3.35. The summed E-state index contributed by atoms with van der Waals surface area (Å²) in [4.78, 5) is 34.1. The number of halogens is 4. The Morgan fingerprint density at radius 3 is 2.49 bits per heavy atom. The van der Waals surface area contributed by atoms with Gasteiger partial charge in [0.15, 0.2) is 0 Å². The summed E-state index contributed by atoms with van der Waals surface area (Å²) in [6.07, 6.45) is -2.19. The SMILES string of the molecule is COC(=O)CN1CCN(c2ccc(C(=O)Nc3cc(CN4CCC[C@H]4C(F)(F)F)c(Br)cn3)cc2)CC1. The van der Waals surface area contributed by atoms with Gasteiger partial charge in [0.25, 0.3) is 5.91 Å². The summed E-state index contributed by atoms with van der Waals surface area (Å²) in [6, 6.07) is 7.34. The van der Waals surface area contributed by atoms with Crippen molar-refractivity contribution in [3.8, 4) is 0 Å². The summed E-state index contributed by atoms with van der Waals surface area (Å²) in [5, 5.41) is 2.75. The molecule has 0 spiro atoms. The molecule has 1 atom stereocenters. The van der Waals surface area contributed by atoms with E-state index in [2.05, 4.69) is 31.1 Å². The molecule has 0 bridgehead atoms. The summed E-state index contributed by atoms with van der Waals surface area (Å²) in [5.74, 6) is -0.334. The first kappa shape index (κ1) is 27.3. The molecule has 4 rings (SSSR count). The molecule has 0 saturated carbocycles. The van der Waals surface area contributed by atoms with E-state index >= 15 is 0 Å². The van der Waals surface area contributed by atoms with E-state index in [1.54, 1.807) is 18.2 Å². The summed E-state index contributed by atoms with van der Waals surface area (Å²) >= 11 is 3.37. The van der Waals surface area contributed by atoms with Crippen molar-refractivity contribution in [3.05, 3.63) is 52.1 Å². The van der Waals surface area contributed by atoms with Crippen LogP contribution in [0, 0.1) is 0 Å². The Kier molecular flexibility index (Phi) is 8.71. The number of pyridine rings is 1. The Hall–Kier alpha value is -2.70. The highest BCUT2D eigenvalue weighted by molar-refractivity contribution is 9.10. The lowest BCUT2D eigenvalue weighted by atomic mass is 10.1. The first-order chi connectivity index (χ1) is 17.6. The van der Waals surface area contributed by atoms with Crippen LogP contribution in [-0.2, 0) is 16.1 Å². The minimum atomic E-state index is -4.27. The van der Waals surface area contributed by atoms with Gasteiger partial charge in [-0.1, -0.05) is 0 Å². The molecule has 1 N–H and O–H groups in total. The van der Waals surface area contributed by atoms with Crippen LogP contribution in [0.1, 0.15) is 28.8 Å². The maximum atomic E-state index is 13.3. The third kappa shape index (κ3) is 6.99. The van der Waals surface area contributed by atoms with Gasteiger partial charge in [0, 0.05) is 54.6 Å². The van der Waals surface area contributed by atoms with E-state index in [4.69, 9.17) is 4.74 Å². The highest BCUT2D eigenvalue weighted by atomic mass is 79.9. The van der Waals surface area contributed by atoms with Gasteiger partial charge in [-0.25, -0.2) is 4.98 Å². The van der Waals surface area contributed by atoms with Gasteiger partial charge in [-0.15, -0.1) is 0 Å². The molecular weight excluding hydrogens is 555 g/mol. The number of amides is 1. The number of carbonyl (C=O) groups excluding carboxylic acids is 2. The number of nitrogens with zero attached hydrogens (tertiary/aromatic N) is 4. The molecule has 200 valence electrons. The van der Waals surface area contributed by atoms with E-state index in [0.29, 0.717) is 28.6 Å². The summed E-state index contributed by atoms with van der Waals surface area (Å²) in [7, 11) is 1.38. The van der Waals surface area contributed by atoms with E-state index in [1.807, 2.05) is 17.0 Å². The van der Waals surface area contributed by atoms with Crippen LogP contribution >= 0.6 is 15.9 Å². The van der Waals surface area contributed by atoms with Gasteiger partial charge in [0.2, 0.25) is 0 Å². The fourth-order valence-corrected chi connectivity index (χ4v) is 5.04. The normalized spacial score (nSPS) is 19.2. The number of hydrogen-bond donors (Lipinski definition) is 1. The topological polar surface area (TPSA) is 78.0 Å². The standard InChI is InChI=1S/C25H29BrF3N5O3/c1-37-23(35)16-32-9-11-33(12-10-32)19-6-4-17(5-7-19)24(36)31-22-13-18(20(26)14-30-22)15-34-8-2-3-21(34)25(27,28)29/h4-7,13-14,21H,2-3,8-12,15-16H2,1H3,(H,30,31,36)/t21-/m0/s1. The minimum absolute atomic E-state index is 0.0922. The Balaban J connectivity index is 1.35. The third-order valence-corrected chi connectivity index (χ3v) is 7.45. The molecule has 8 nitrogen and oxygen atoms in total. The van der Waals surface area contributed by atoms with Crippen LogP contribution < -0.4 is 10.2 Å². The number of piperazine rings is 1. The molecule has 0 unspecified atom stereocenters. The fourth-order valence-electron chi connectivity index (χ4n) is 4.70. The number of rotatable bonds is 7. The number of anilines is 2. The monoisotopic (exact) mass is 583 g/mol. The van der Waals surface area contributed by atoms with Crippen LogP contribution in [0.15, 0.2) is 41.0 Å². The van der Waals surface area contributed by atoms with Crippen LogP contribution in [0.4, 0.5) is 24.7 Å². The number of ether oxygens (including phenoxy) is 1. The zero-order valence-electron chi connectivity index (χ0n) is 20.4. The Morgan fingerprint density at radius 1 is 1.14 bits per heavy atom. The predicted molar refractivity (Wildman–Crippen MR) is 136 cm³/mol. The number of esters is 1. The molecule has 1 aromatic carbocycles. The summed E-state index contributed by atoms with van der Waals surface area (Å²) < 4.78 is 45.3. The van der Waals surface area contributed by atoms with E-state index < -0.39 is 12.2 Å². The Bertz CT molecular complexity index is 1110. The molecule has 1 amide bonds. The van der Waals surface area contributed by atoms with Crippen molar-refractivity contribution in [2.75, 3.05) is 56.6 Å². The second kappa shape index (κ2) is 11.8. The van der Waals surface area contributed by atoms with Crippen LogP contribution in [0.3, 0.4) is 0 Å². The van der Waals surface area contributed by atoms with Crippen molar-refractivity contribution >= 4 is 39.3 Å². The second-order valence-electron chi connectivity index (χ2n) is 9.17. The first-order valence-electron chi connectivity index (χ1n) is 12.0. The van der Waals surface area contributed by atoms with Gasteiger partial charge < -0.3 is 15.0 Å². The summed E-state index contributed by atoms with van der Waals surface area (Å²) in [5.41, 5.74) is 2.04. The minimum Gasteiger partial charge on any atom is -0.468 e. The number of aromatic nitrogens is 1. The fraction of sp³-hybridized carbons (Fsp3) is 0.480. The molecule has 0 radical (unpaired) electrons. The first-order valence-corrected chi connectivity index (χ1v) is 12.8. The van der Waals surface area contributed by atoms with E-state index in [1.165, 1.54) is 18.2 Å². The van der Waals surface area contributed by atoms with Crippen molar-refractivity contribution in [2.45, 2.75) is 31.6 Å². The number of carbonyl (C=O) groups is 2. The number of methoxy groups -OCH3 is 1. The van der Waals surface area contributed by atoms with E-state index in [-0.39, 0.29) is 37.2 Å². The zero-order chi connectivity index (χ0) is 26.6. The largest absolute Gasteiger partial charge is 0.468 e. The molecule has 2 fully saturated rings. The van der Waals surface area contributed by atoms with Crippen LogP contribution in [0.25, 0.3) is 0 Å². The van der Waals surface area contributed by atoms with Crippen LogP contribution in [0.2, 0.25) is 0 Å². The number of hydrogen-bond acceptors (Lipinski definition) is 7. The van der Waals surface area contributed by atoms with Gasteiger partial charge in [-0.2, -0.15) is 13.2 Å². The lowest BCUT2D eigenvalue weighted by molar-refractivity contribution is -0.177. The van der Waals surface area contributed by atoms with Gasteiger partial charge in [0.1, 0.15) is 11.9 Å². The van der Waals surface area contributed by atoms with Crippen molar-refractivity contribution in [1.82, 2.24) is 14.8 Å². The van der Waals surface area contributed by atoms with Crippen LogP contribution in [-0.4, -0.2) is 85.3 Å². The van der Waals surface area contributed by atoms with E-state index in [0.717, 1.165) is 31.9 Å². The van der Waals surface area contributed by atoms with Crippen molar-refractivity contribution in [1.29, 1.82) is 0 Å².